The van der Waals surface area contributed by atoms with Gasteiger partial charge in [-0.2, -0.15) is 0 Å². The highest BCUT2D eigenvalue weighted by Gasteiger charge is 2.11. The van der Waals surface area contributed by atoms with Gasteiger partial charge in [0.15, 0.2) is 11.5 Å². The number of rotatable bonds is 4. The van der Waals surface area contributed by atoms with E-state index >= 15 is 0 Å². The van der Waals surface area contributed by atoms with E-state index in [2.05, 4.69) is 30.3 Å². The lowest BCUT2D eigenvalue weighted by Crippen LogP contribution is -2.15. The largest absolute Gasteiger partial charge is 0.486 e. The molecule has 2 N–H and O–H groups in total. The van der Waals surface area contributed by atoms with Gasteiger partial charge in [0, 0.05) is 17.2 Å². The minimum Gasteiger partial charge on any atom is -0.486 e. The minimum absolute atomic E-state index is 0.593. The topological polar surface area (TPSA) is 44.5 Å². The fraction of sp³-hybridized carbons (Fsp3) is 0.250. The quantitative estimate of drug-likeness (QED) is 0.877. The van der Waals surface area contributed by atoms with E-state index in [-0.39, 0.29) is 0 Å². The number of hydrogen-bond acceptors (Lipinski definition) is 4. The predicted octanol–water partition coefficient (Wildman–Crippen LogP) is 3.21. The lowest BCUT2D eigenvalue weighted by atomic mass is 10.1. The highest BCUT2D eigenvalue weighted by atomic mass is 32.2. The Morgan fingerprint density at radius 3 is 2.35 bits per heavy atom. The number of benzene rings is 2. The Labute approximate surface area is 123 Å². The van der Waals surface area contributed by atoms with E-state index in [4.69, 9.17) is 15.2 Å². The highest BCUT2D eigenvalue weighted by Crippen LogP contribution is 2.35. The third-order valence-electron chi connectivity index (χ3n) is 3.18. The van der Waals surface area contributed by atoms with Crippen LogP contribution in [0.2, 0.25) is 0 Å². The van der Waals surface area contributed by atoms with Crippen molar-refractivity contribution < 1.29 is 9.47 Å². The molecule has 0 spiro atoms. The van der Waals surface area contributed by atoms with Crippen molar-refractivity contribution in [1.82, 2.24) is 0 Å². The van der Waals surface area contributed by atoms with Gasteiger partial charge in [-0.15, -0.1) is 11.8 Å². The molecule has 0 aromatic heterocycles. The van der Waals surface area contributed by atoms with Crippen molar-refractivity contribution in [2.24, 2.45) is 5.73 Å². The predicted molar refractivity (Wildman–Crippen MR) is 81.3 cm³/mol. The van der Waals surface area contributed by atoms with Crippen molar-refractivity contribution in [3.05, 3.63) is 53.6 Å². The summed E-state index contributed by atoms with van der Waals surface area (Å²) < 4.78 is 11.1. The molecular formula is C16H17NO2S. The smallest absolute Gasteiger partial charge is 0.162 e. The van der Waals surface area contributed by atoms with E-state index in [1.807, 2.05) is 12.1 Å². The van der Waals surface area contributed by atoms with Crippen molar-refractivity contribution in [3.8, 4) is 11.5 Å². The van der Waals surface area contributed by atoms with Gasteiger partial charge in [-0.05, 0) is 29.3 Å². The molecule has 2 aromatic rings. The molecule has 4 heteroatoms. The van der Waals surface area contributed by atoms with Crippen molar-refractivity contribution in [3.63, 3.8) is 0 Å². The molecule has 0 atom stereocenters. The fourth-order valence-electron chi connectivity index (χ4n) is 2.05. The zero-order valence-corrected chi connectivity index (χ0v) is 12.0. The Bertz CT molecular complexity index is 584. The third-order valence-corrected chi connectivity index (χ3v) is 4.24. The van der Waals surface area contributed by atoms with Crippen molar-refractivity contribution in [2.45, 2.75) is 17.2 Å². The summed E-state index contributed by atoms with van der Waals surface area (Å²) in [6, 6.07) is 14.5. The van der Waals surface area contributed by atoms with Gasteiger partial charge in [0.05, 0.1) is 0 Å². The van der Waals surface area contributed by atoms with E-state index in [1.54, 1.807) is 11.8 Å². The number of hydrogen-bond donors (Lipinski definition) is 1. The summed E-state index contributed by atoms with van der Waals surface area (Å²) in [7, 11) is 0. The van der Waals surface area contributed by atoms with Crippen molar-refractivity contribution >= 4 is 11.8 Å². The van der Waals surface area contributed by atoms with E-state index in [1.165, 1.54) is 10.5 Å². The second-order valence-electron chi connectivity index (χ2n) is 4.61. The molecule has 2 aromatic carbocycles. The molecule has 0 unspecified atom stereocenters. The van der Waals surface area contributed by atoms with Crippen LogP contribution in [0.15, 0.2) is 47.4 Å². The van der Waals surface area contributed by atoms with Crippen LogP contribution in [-0.2, 0) is 12.3 Å². The van der Waals surface area contributed by atoms with Crippen LogP contribution in [0.3, 0.4) is 0 Å². The molecule has 0 fully saturated rings. The molecule has 104 valence electrons. The number of ether oxygens (including phenoxy) is 2. The highest BCUT2D eigenvalue weighted by molar-refractivity contribution is 7.98. The van der Waals surface area contributed by atoms with Gasteiger partial charge in [-0.3, -0.25) is 0 Å². The second kappa shape index (κ2) is 6.20. The number of fused-ring (bicyclic) bond motifs is 1. The molecule has 20 heavy (non-hydrogen) atoms. The van der Waals surface area contributed by atoms with Crippen LogP contribution >= 0.6 is 11.8 Å². The van der Waals surface area contributed by atoms with Gasteiger partial charge in [-0.25, -0.2) is 0 Å². The molecule has 0 saturated heterocycles. The summed E-state index contributed by atoms with van der Waals surface area (Å²) in [5, 5.41) is 0. The molecule has 0 saturated carbocycles. The third kappa shape index (κ3) is 3.08. The van der Waals surface area contributed by atoms with E-state index < -0.39 is 0 Å². The SMILES string of the molecule is NCc1ccc(CSc2ccc3c(c2)OCCO3)cc1. The first-order chi connectivity index (χ1) is 9.85. The van der Waals surface area contributed by atoms with Gasteiger partial charge < -0.3 is 15.2 Å². The van der Waals surface area contributed by atoms with Crippen LogP contribution in [0, 0.1) is 0 Å². The van der Waals surface area contributed by atoms with E-state index in [0.717, 1.165) is 22.8 Å². The average Bonchev–Trinajstić information content (AvgIpc) is 2.53. The maximum absolute atomic E-state index is 5.60. The lowest BCUT2D eigenvalue weighted by Gasteiger charge is -2.18. The first-order valence-corrected chi connectivity index (χ1v) is 7.64. The number of thioether (sulfide) groups is 1. The van der Waals surface area contributed by atoms with E-state index in [9.17, 15) is 0 Å². The summed E-state index contributed by atoms with van der Waals surface area (Å²) in [6.45, 7) is 1.85. The molecule has 0 aliphatic carbocycles. The molecule has 3 nitrogen and oxygen atoms in total. The van der Waals surface area contributed by atoms with Gasteiger partial charge in [0.25, 0.3) is 0 Å². The summed E-state index contributed by atoms with van der Waals surface area (Å²) in [6.07, 6.45) is 0. The molecule has 1 heterocycles. The molecule has 1 aliphatic heterocycles. The second-order valence-corrected chi connectivity index (χ2v) is 5.66. The zero-order chi connectivity index (χ0) is 13.8. The first-order valence-electron chi connectivity index (χ1n) is 6.65. The number of nitrogens with two attached hydrogens (primary N) is 1. The monoisotopic (exact) mass is 287 g/mol. The Morgan fingerprint density at radius 1 is 0.900 bits per heavy atom. The average molecular weight is 287 g/mol. The standard InChI is InChI=1S/C16H17NO2S/c17-10-12-1-3-13(4-2-12)11-20-14-5-6-15-16(9-14)19-8-7-18-15/h1-6,9H,7-8,10-11,17H2. The first kappa shape index (κ1) is 13.3. The van der Waals surface area contributed by atoms with Crippen LogP contribution in [0.4, 0.5) is 0 Å². The Kier molecular flexibility index (Phi) is 4.14. The fourth-order valence-corrected chi connectivity index (χ4v) is 2.93. The summed E-state index contributed by atoms with van der Waals surface area (Å²) >= 11 is 1.79. The molecule has 0 amide bonds. The minimum atomic E-state index is 0.593. The van der Waals surface area contributed by atoms with Gasteiger partial charge >= 0.3 is 0 Å². The van der Waals surface area contributed by atoms with Gasteiger partial charge in [-0.1, -0.05) is 24.3 Å². The van der Waals surface area contributed by atoms with Gasteiger partial charge in [0.2, 0.25) is 0 Å². The Hall–Kier alpha value is -1.65. The maximum atomic E-state index is 5.60. The van der Waals surface area contributed by atoms with Crippen LogP contribution in [0.1, 0.15) is 11.1 Å². The van der Waals surface area contributed by atoms with Gasteiger partial charge in [0.1, 0.15) is 13.2 Å². The van der Waals surface area contributed by atoms with Crippen molar-refractivity contribution in [2.75, 3.05) is 13.2 Å². The Balaban J connectivity index is 1.65. The molecule has 3 rings (SSSR count). The van der Waals surface area contributed by atoms with Crippen LogP contribution in [-0.4, -0.2) is 13.2 Å². The molecule has 1 aliphatic rings. The Morgan fingerprint density at radius 2 is 1.60 bits per heavy atom. The zero-order valence-electron chi connectivity index (χ0n) is 11.2. The lowest BCUT2D eigenvalue weighted by molar-refractivity contribution is 0.171. The molecule has 0 radical (unpaired) electrons. The summed E-state index contributed by atoms with van der Waals surface area (Å²) in [5.41, 5.74) is 8.06. The maximum Gasteiger partial charge on any atom is 0.162 e. The summed E-state index contributed by atoms with van der Waals surface area (Å²) in [4.78, 5) is 1.19. The molecular weight excluding hydrogens is 270 g/mol. The van der Waals surface area contributed by atoms with Crippen molar-refractivity contribution in [1.29, 1.82) is 0 Å². The van der Waals surface area contributed by atoms with Crippen LogP contribution < -0.4 is 15.2 Å². The summed E-state index contributed by atoms with van der Waals surface area (Å²) in [5.74, 6) is 2.62. The van der Waals surface area contributed by atoms with E-state index in [0.29, 0.717) is 19.8 Å². The van der Waals surface area contributed by atoms with Crippen LogP contribution in [0.5, 0.6) is 11.5 Å². The van der Waals surface area contributed by atoms with Crippen LogP contribution in [0.25, 0.3) is 0 Å². The molecule has 0 bridgehead atoms. The normalized spacial score (nSPS) is 13.2.